The molecule has 75 heavy (non-hydrogen) atoms. The summed E-state index contributed by atoms with van der Waals surface area (Å²) in [5.41, 5.74) is 28.2. The molecule has 0 heterocycles. The van der Waals surface area contributed by atoms with Gasteiger partial charge < -0.3 is 60.1 Å². The smallest absolute Gasteiger partial charge is 0.305 e. The van der Waals surface area contributed by atoms with Gasteiger partial charge in [0.1, 0.15) is 6.04 Å². The van der Waals surface area contributed by atoms with Crippen LogP contribution in [0.2, 0.25) is 0 Å². The van der Waals surface area contributed by atoms with Crippen molar-refractivity contribution < 1.29 is 58.2 Å². The van der Waals surface area contributed by atoms with Gasteiger partial charge in [0, 0.05) is 68.4 Å². The number of aliphatic carboxylic acids is 1. The maximum absolute atomic E-state index is 14.2. The van der Waals surface area contributed by atoms with Crippen LogP contribution in [0.15, 0.2) is 40.3 Å². The number of ketones is 4. The Balaban J connectivity index is 3.34. The van der Waals surface area contributed by atoms with Crippen LogP contribution < -0.4 is 49.9 Å². The van der Waals surface area contributed by atoms with Crippen molar-refractivity contribution in [1.82, 2.24) is 21.3 Å². The fraction of sp³-hybridized carbons (Fsp3) is 0.654. The van der Waals surface area contributed by atoms with Crippen LogP contribution in [0.5, 0.6) is 0 Å². The number of benzene rings is 1. The molecule has 1 aromatic carbocycles. The van der Waals surface area contributed by atoms with Crippen LogP contribution in [-0.4, -0.2) is 125 Å². The minimum atomic E-state index is -1.66. The van der Waals surface area contributed by atoms with Gasteiger partial charge in [-0.2, -0.15) is 0 Å². The second kappa shape index (κ2) is 34.7. The predicted molar refractivity (Wildman–Crippen MR) is 283 cm³/mol. The number of guanidine groups is 2. The molecule has 0 unspecified atom stereocenters. The number of rotatable bonds is 39. The van der Waals surface area contributed by atoms with Gasteiger partial charge in [-0.05, 0) is 55.9 Å². The van der Waals surface area contributed by atoms with Crippen LogP contribution in [0.4, 0.5) is 0 Å². The molecule has 0 aliphatic carbocycles. The summed E-state index contributed by atoms with van der Waals surface area (Å²) in [4.78, 5) is 142. The SMILES string of the molecule is CC[C@@H](C)C(=O)N[C@@H](CCCN=C(N)N)C(=O)C[C@@H](CCCN=C(N)N)C(=O)N[C@@H](CO)C(=O)C[C@@H](C)C(=O)N[C@@H](CC(=O)O)C(=O)C[C@H](C(=O)N[C@@H](Cc1ccccc1)C(=O)C[C@H](C(N)=O)[C@@H](C)CC)[C@@H](C)CC. The van der Waals surface area contributed by atoms with E-state index in [1.807, 2.05) is 13.8 Å². The molecule has 0 saturated heterocycles. The number of nitrogens with two attached hydrogens (primary N) is 5. The molecule has 0 saturated carbocycles. The van der Waals surface area contributed by atoms with Gasteiger partial charge in [0.2, 0.25) is 29.5 Å². The quantitative estimate of drug-likeness (QED) is 0.0245. The van der Waals surface area contributed by atoms with E-state index in [4.69, 9.17) is 28.7 Å². The minimum absolute atomic E-state index is 0.0419. The van der Waals surface area contributed by atoms with Crippen LogP contribution in [0, 0.1) is 41.4 Å². The predicted octanol–water partition coefficient (Wildman–Crippen LogP) is 0.688. The first-order valence-electron chi connectivity index (χ1n) is 25.9. The first-order chi connectivity index (χ1) is 35.3. The van der Waals surface area contributed by atoms with Crippen LogP contribution in [0.3, 0.4) is 0 Å². The van der Waals surface area contributed by atoms with Crippen molar-refractivity contribution in [1.29, 1.82) is 0 Å². The molecule has 0 bridgehead atoms. The second-order valence-corrected chi connectivity index (χ2v) is 19.6. The van der Waals surface area contributed by atoms with Crippen molar-refractivity contribution in [3.05, 3.63) is 35.9 Å². The minimum Gasteiger partial charge on any atom is -0.481 e. The van der Waals surface area contributed by atoms with Gasteiger partial charge in [0.15, 0.2) is 35.1 Å². The van der Waals surface area contributed by atoms with E-state index in [1.54, 1.807) is 58.0 Å². The second-order valence-electron chi connectivity index (χ2n) is 19.6. The summed E-state index contributed by atoms with van der Waals surface area (Å²) in [5.74, 6) is -13.1. The number of primary amides is 1. The normalized spacial score (nSPS) is 15.5. The zero-order valence-electron chi connectivity index (χ0n) is 44.8. The maximum Gasteiger partial charge on any atom is 0.305 e. The molecular formula is C52H85N11O12. The van der Waals surface area contributed by atoms with Crippen molar-refractivity contribution in [2.75, 3.05) is 19.7 Å². The van der Waals surface area contributed by atoms with Crippen molar-refractivity contribution >= 4 is 70.6 Å². The number of aliphatic hydroxyl groups excluding tert-OH is 1. The largest absolute Gasteiger partial charge is 0.481 e. The highest BCUT2D eigenvalue weighted by atomic mass is 16.4. The van der Waals surface area contributed by atoms with E-state index in [-0.39, 0.29) is 68.9 Å². The number of carbonyl (C=O) groups excluding carboxylic acids is 9. The number of nitrogens with zero attached hydrogens (tertiary/aromatic N) is 2. The summed E-state index contributed by atoms with van der Waals surface area (Å²) in [6, 6.07) is 3.51. The number of hydrogen-bond acceptors (Lipinski definition) is 13. The lowest BCUT2D eigenvalue weighted by Crippen LogP contribution is -2.50. The monoisotopic (exact) mass is 1060 g/mol. The number of carboxylic acids is 1. The van der Waals surface area contributed by atoms with Crippen molar-refractivity contribution in [3.63, 3.8) is 0 Å². The highest BCUT2D eigenvalue weighted by Crippen LogP contribution is 2.25. The molecule has 23 heteroatoms. The Morgan fingerprint density at radius 1 is 0.520 bits per heavy atom. The summed E-state index contributed by atoms with van der Waals surface area (Å²) < 4.78 is 0. The number of carboxylic acid groups (broad SMARTS) is 1. The number of aliphatic hydroxyl groups is 1. The zero-order chi connectivity index (χ0) is 56.9. The third-order valence-corrected chi connectivity index (χ3v) is 13.7. The van der Waals surface area contributed by atoms with Crippen LogP contribution in [0.25, 0.3) is 0 Å². The summed E-state index contributed by atoms with van der Waals surface area (Å²) >= 11 is 0. The zero-order valence-corrected chi connectivity index (χ0v) is 44.8. The molecule has 11 atom stereocenters. The van der Waals surface area contributed by atoms with Crippen molar-refractivity contribution in [2.45, 2.75) is 156 Å². The number of aliphatic imine (C=N–C) groups is 2. The highest BCUT2D eigenvalue weighted by molar-refractivity contribution is 5.99. The van der Waals surface area contributed by atoms with Gasteiger partial charge in [0.25, 0.3) is 0 Å². The Morgan fingerprint density at radius 2 is 0.987 bits per heavy atom. The third-order valence-electron chi connectivity index (χ3n) is 13.7. The lowest BCUT2D eigenvalue weighted by molar-refractivity contribution is -0.141. The molecule has 0 aliphatic heterocycles. The molecule has 0 spiro atoms. The Labute approximate surface area is 440 Å². The number of nitrogens with one attached hydrogen (secondary N) is 4. The molecule has 16 N–H and O–H groups in total. The van der Waals surface area contributed by atoms with Crippen molar-refractivity contribution in [3.8, 4) is 0 Å². The van der Waals surface area contributed by atoms with E-state index in [2.05, 4.69) is 31.3 Å². The number of amides is 5. The van der Waals surface area contributed by atoms with Crippen LogP contribution >= 0.6 is 0 Å². The Hall–Kier alpha value is -6.78. The van der Waals surface area contributed by atoms with E-state index in [9.17, 15) is 58.2 Å². The first-order valence-corrected chi connectivity index (χ1v) is 25.9. The fourth-order valence-electron chi connectivity index (χ4n) is 8.16. The maximum atomic E-state index is 14.2. The lowest BCUT2D eigenvalue weighted by Gasteiger charge is -2.28. The number of hydrogen-bond donors (Lipinski definition) is 11. The molecule has 420 valence electrons. The molecule has 1 rings (SSSR count). The Bertz CT molecular complexity index is 2130. The topological polar surface area (TPSA) is 414 Å². The molecule has 0 aromatic heterocycles. The van der Waals surface area contributed by atoms with Gasteiger partial charge in [-0.1, -0.05) is 91.6 Å². The summed E-state index contributed by atoms with van der Waals surface area (Å²) in [6.45, 7) is 11.3. The summed E-state index contributed by atoms with van der Waals surface area (Å²) in [6.07, 6.45) is -0.393. The van der Waals surface area contributed by atoms with Gasteiger partial charge in [-0.3, -0.25) is 57.9 Å². The highest BCUT2D eigenvalue weighted by Gasteiger charge is 2.37. The number of Topliss-reactive ketones (excluding diaryl/α,β-unsaturated/α-hetero) is 4. The fourth-order valence-corrected chi connectivity index (χ4v) is 8.16. The Morgan fingerprint density at radius 3 is 1.51 bits per heavy atom. The Kier molecular flexibility index (Phi) is 30.6. The standard InChI is InChI=1S/C52H85N11O12/c1-8-29(4)35(46(53)71)25-43(67)38(23-33-16-12-11-13-17-33)62-50(75)36(30(5)9-2)26-44(68)39(27-45(69)70)61-48(73)32(7)22-41(65)40(28-64)63-49(74)34(18-14-20-58-51(54)55)24-42(66)37(19-15-21-59-52(56)57)60-47(72)31(6)10-3/h11-13,16-17,29-32,34-40,64H,8-10,14-15,18-28H2,1-7H3,(H2,53,71)(H,60,72)(H,61,73)(H,62,75)(H,63,74)(H,69,70)(H4,54,55,58)(H4,56,57,59)/t29-,30-,31+,32+,34+,35-,36-,37-,38-,39-,40-/m0/s1. The number of carbonyl (C=O) groups is 10. The van der Waals surface area contributed by atoms with Gasteiger partial charge in [-0.25, -0.2) is 0 Å². The van der Waals surface area contributed by atoms with Crippen LogP contribution in [0.1, 0.15) is 131 Å². The van der Waals surface area contributed by atoms with E-state index in [1.165, 1.54) is 6.92 Å². The van der Waals surface area contributed by atoms with E-state index < -0.39 is 145 Å². The first kappa shape index (κ1) is 66.2. The van der Waals surface area contributed by atoms with Crippen molar-refractivity contribution in [2.24, 2.45) is 80.1 Å². The molecule has 5 amide bonds. The molecular weight excluding hydrogens is 971 g/mol. The molecule has 0 fully saturated rings. The van der Waals surface area contributed by atoms with E-state index >= 15 is 0 Å². The average molecular weight is 1060 g/mol. The summed E-state index contributed by atoms with van der Waals surface area (Å²) in [7, 11) is 0. The molecule has 1 aromatic rings. The van der Waals surface area contributed by atoms with Gasteiger partial charge in [-0.15, -0.1) is 0 Å². The average Bonchev–Trinajstić information content (AvgIpc) is 3.36. The van der Waals surface area contributed by atoms with E-state index in [0.717, 1.165) is 0 Å². The third kappa shape index (κ3) is 24.9. The summed E-state index contributed by atoms with van der Waals surface area (Å²) in [5, 5.41) is 30.6. The lowest BCUT2D eigenvalue weighted by atomic mass is 9.83. The molecule has 0 radical (unpaired) electrons. The van der Waals surface area contributed by atoms with Crippen LogP contribution in [-0.2, 0) is 54.4 Å². The van der Waals surface area contributed by atoms with Gasteiger partial charge >= 0.3 is 5.97 Å². The molecule has 23 nitrogen and oxygen atoms in total. The van der Waals surface area contributed by atoms with E-state index in [0.29, 0.717) is 31.2 Å². The molecule has 0 aliphatic rings. The van der Waals surface area contributed by atoms with Gasteiger partial charge in [0.05, 0.1) is 31.2 Å².